The van der Waals surface area contributed by atoms with E-state index in [-0.39, 0.29) is 17.4 Å². The Hall–Kier alpha value is -2.85. The van der Waals surface area contributed by atoms with Crippen molar-refractivity contribution in [3.8, 4) is 0 Å². The Kier molecular flexibility index (Phi) is 7.78. The first-order valence-electron chi connectivity index (χ1n) is 13.9. The fourth-order valence-electron chi connectivity index (χ4n) is 5.92. The highest BCUT2D eigenvalue weighted by molar-refractivity contribution is 7.91. The van der Waals surface area contributed by atoms with Gasteiger partial charge in [0.2, 0.25) is 5.91 Å². The van der Waals surface area contributed by atoms with Gasteiger partial charge in [0.25, 0.3) is 0 Å². The smallest absolute Gasteiger partial charge is 0.420 e. The summed E-state index contributed by atoms with van der Waals surface area (Å²) in [6, 6.07) is 4.85. The molecule has 2 aliphatic heterocycles. The standard InChI is InChI=1S/C29H37ClN4O5S/c1-19-22-17-21(30)8-9-23(22)34(28(36)39-29(2,3)4)27(19)40(37,38)16-12-26(35)32-14-10-20(11-15-32)24-18-31-25-7-5-6-13-33(24)25/h8-9,17-18,20H,5-7,10-16H2,1-4H3. The van der Waals surface area contributed by atoms with Crippen molar-refractivity contribution in [2.45, 2.75) is 89.3 Å². The van der Waals surface area contributed by atoms with Crippen LogP contribution in [0.15, 0.2) is 29.4 Å². The molecule has 2 aliphatic rings. The van der Waals surface area contributed by atoms with Gasteiger partial charge in [-0.05, 0) is 77.1 Å². The SMILES string of the molecule is Cc1c(S(=O)(=O)CCC(=O)N2CCC(c3cnc4n3CCCC4)CC2)n(C(=O)OC(C)(C)C)c2ccc(Cl)cc12. The fraction of sp³-hybridized carbons (Fsp3) is 0.552. The Labute approximate surface area is 240 Å². The summed E-state index contributed by atoms with van der Waals surface area (Å²) in [6.07, 6.45) is 6.07. The van der Waals surface area contributed by atoms with Crippen LogP contribution in [0.4, 0.5) is 4.79 Å². The van der Waals surface area contributed by atoms with Crippen molar-refractivity contribution in [2.75, 3.05) is 18.8 Å². The lowest BCUT2D eigenvalue weighted by atomic mass is 9.93. The second-order valence-corrected chi connectivity index (χ2v) is 14.3. The third kappa shape index (κ3) is 5.65. The fourth-order valence-corrected chi connectivity index (χ4v) is 7.76. The molecule has 0 radical (unpaired) electrons. The van der Waals surface area contributed by atoms with Crippen molar-refractivity contribution in [1.82, 2.24) is 19.0 Å². The van der Waals surface area contributed by atoms with Gasteiger partial charge in [-0.1, -0.05) is 11.6 Å². The molecule has 0 atom stereocenters. The van der Waals surface area contributed by atoms with Crippen LogP contribution < -0.4 is 0 Å². The average molecular weight is 589 g/mol. The molecule has 0 spiro atoms. The molecule has 1 amide bonds. The van der Waals surface area contributed by atoms with Gasteiger partial charge in [0.05, 0.1) is 11.3 Å². The van der Waals surface area contributed by atoms with Crippen molar-refractivity contribution in [3.05, 3.63) is 46.5 Å². The van der Waals surface area contributed by atoms with E-state index in [1.807, 2.05) is 6.20 Å². The lowest BCUT2D eigenvalue weighted by molar-refractivity contribution is -0.131. The molecular weight excluding hydrogens is 552 g/mol. The van der Waals surface area contributed by atoms with Gasteiger partial charge in [-0.2, -0.15) is 0 Å². The number of piperidine rings is 1. The largest absolute Gasteiger partial charge is 0.443 e. The van der Waals surface area contributed by atoms with Crippen LogP contribution in [-0.4, -0.2) is 63.9 Å². The van der Waals surface area contributed by atoms with E-state index in [1.165, 1.54) is 18.5 Å². The second kappa shape index (κ2) is 10.9. The van der Waals surface area contributed by atoms with Crippen molar-refractivity contribution < 1.29 is 22.7 Å². The van der Waals surface area contributed by atoms with Crippen LogP contribution in [0.5, 0.6) is 0 Å². The zero-order valence-electron chi connectivity index (χ0n) is 23.6. The van der Waals surface area contributed by atoms with Gasteiger partial charge in [0.1, 0.15) is 16.5 Å². The highest BCUT2D eigenvalue weighted by Crippen LogP contribution is 2.34. The number of nitrogens with zero attached hydrogens (tertiary/aromatic N) is 4. The zero-order chi connectivity index (χ0) is 28.8. The highest BCUT2D eigenvalue weighted by atomic mass is 35.5. The Morgan fingerprint density at radius 3 is 2.55 bits per heavy atom. The predicted octanol–water partition coefficient (Wildman–Crippen LogP) is 5.49. The Bertz CT molecular complexity index is 1560. The van der Waals surface area contributed by atoms with Crippen molar-refractivity contribution in [1.29, 1.82) is 0 Å². The van der Waals surface area contributed by atoms with Gasteiger partial charge < -0.3 is 14.2 Å². The summed E-state index contributed by atoms with van der Waals surface area (Å²) in [5.41, 5.74) is 1.23. The number of carbonyl (C=O) groups is 2. The molecule has 11 heteroatoms. The molecule has 2 aromatic heterocycles. The Morgan fingerprint density at radius 1 is 1.12 bits per heavy atom. The molecule has 40 heavy (non-hydrogen) atoms. The molecule has 216 valence electrons. The van der Waals surface area contributed by atoms with Crippen molar-refractivity contribution >= 4 is 44.3 Å². The third-order valence-corrected chi connectivity index (χ3v) is 9.90. The number of aromatic nitrogens is 3. The number of hydrogen-bond acceptors (Lipinski definition) is 6. The molecule has 3 aromatic rings. The monoisotopic (exact) mass is 588 g/mol. The molecular formula is C29H37ClN4O5S. The lowest BCUT2D eigenvalue weighted by Crippen LogP contribution is -2.39. The highest BCUT2D eigenvalue weighted by Gasteiger charge is 2.33. The maximum Gasteiger partial charge on any atom is 0.420 e. The van der Waals surface area contributed by atoms with Crippen LogP contribution in [0, 0.1) is 6.92 Å². The summed E-state index contributed by atoms with van der Waals surface area (Å²) >= 11 is 6.19. The number of likely N-dealkylation sites (tertiary alicyclic amines) is 1. The number of fused-ring (bicyclic) bond motifs is 2. The molecule has 0 aliphatic carbocycles. The van der Waals surface area contributed by atoms with E-state index < -0.39 is 27.3 Å². The van der Waals surface area contributed by atoms with Gasteiger partial charge in [0.15, 0.2) is 9.84 Å². The van der Waals surface area contributed by atoms with E-state index >= 15 is 0 Å². The molecule has 1 fully saturated rings. The van der Waals surface area contributed by atoms with Crippen LogP contribution in [0.3, 0.4) is 0 Å². The van der Waals surface area contributed by atoms with Crippen molar-refractivity contribution in [3.63, 3.8) is 0 Å². The van der Waals surface area contributed by atoms with Gasteiger partial charge in [-0.3, -0.25) is 4.79 Å². The number of amides is 1. The Morgan fingerprint density at radius 2 is 1.85 bits per heavy atom. The molecule has 1 aromatic carbocycles. The molecule has 0 N–H and O–H groups in total. The summed E-state index contributed by atoms with van der Waals surface area (Å²) in [5, 5.41) is 0.819. The van der Waals surface area contributed by atoms with Gasteiger partial charge >= 0.3 is 6.09 Å². The van der Waals surface area contributed by atoms with Crippen LogP contribution in [0.25, 0.3) is 10.9 Å². The molecule has 1 saturated heterocycles. The lowest BCUT2D eigenvalue weighted by Gasteiger charge is -2.33. The summed E-state index contributed by atoms with van der Waals surface area (Å²) in [4.78, 5) is 32.7. The number of aryl methyl sites for hydroxylation is 2. The van der Waals surface area contributed by atoms with E-state index in [9.17, 15) is 18.0 Å². The number of hydrogen-bond donors (Lipinski definition) is 0. The normalized spacial score (nSPS) is 16.8. The van der Waals surface area contributed by atoms with E-state index in [0.29, 0.717) is 40.5 Å². The van der Waals surface area contributed by atoms with E-state index in [4.69, 9.17) is 16.3 Å². The molecule has 0 saturated carbocycles. The minimum absolute atomic E-state index is 0.156. The average Bonchev–Trinajstić information content (AvgIpc) is 3.46. The third-order valence-electron chi connectivity index (χ3n) is 7.85. The Balaban J connectivity index is 1.31. The topological polar surface area (TPSA) is 104 Å². The summed E-state index contributed by atoms with van der Waals surface area (Å²) < 4.78 is 36.4. The van der Waals surface area contributed by atoms with E-state index in [1.54, 1.807) is 50.8 Å². The van der Waals surface area contributed by atoms with Gasteiger partial charge in [-0.25, -0.2) is 22.8 Å². The number of rotatable bonds is 5. The number of sulfone groups is 1. The molecule has 9 nitrogen and oxygen atoms in total. The molecule has 0 bridgehead atoms. The summed E-state index contributed by atoms with van der Waals surface area (Å²) in [7, 11) is -4.03. The van der Waals surface area contributed by atoms with Crippen LogP contribution in [0.1, 0.15) is 75.9 Å². The number of imidazole rings is 1. The zero-order valence-corrected chi connectivity index (χ0v) is 25.1. The van der Waals surface area contributed by atoms with E-state index in [0.717, 1.165) is 36.2 Å². The van der Waals surface area contributed by atoms with Crippen LogP contribution in [-0.2, 0) is 32.3 Å². The van der Waals surface area contributed by atoms with Gasteiger partial charge in [0, 0.05) is 60.7 Å². The first kappa shape index (κ1) is 28.7. The summed E-state index contributed by atoms with van der Waals surface area (Å²) in [5.74, 6) is 0.908. The van der Waals surface area contributed by atoms with E-state index in [2.05, 4.69) is 9.55 Å². The maximum absolute atomic E-state index is 13.7. The number of benzene rings is 1. The van der Waals surface area contributed by atoms with Crippen molar-refractivity contribution in [2.24, 2.45) is 0 Å². The molecule has 5 rings (SSSR count). The number of ether oxygens (including phenoxy) is 1. The number of carbonyl (C=O) groups excluding carboxylic acids is 2. The van der Waals surface area contributed by atoms with Crippen LogP contribution >= 0.6 is 11.6 Å². The first-order valence-corrected chi connectivity index (χ1v) is 16.0. The maximum atomic E-state index is 13.7. The predicted molar refractivity (Wildman–Crippen MR) is 154 cm³/mol. The minimum Gasteiger partial charge on any atom is -0.443 e. The van der Waals surface area contributed by atoms with Gasteiger partial charge in [-0.15, -0.1) is 0 Å². The van der Waals surface area contributed by atoms with Crippen LogP contribution in [0.2, 0.25) is 5.02 Å². The quantitative estimate of drug-likeness (QED) is 0.390. The second-order valence-electron chi connectivity index (χ2n) is 11.8. The first-order chi connectivity index (χ1) is 18.9. The molecule has 4 heterocycles. The minimum atomic E-state index is -4.03. The summed E-state index contributed by atoms with van der Waals surface area (Å²) in [6.45, 7) is 8.98. The number of halogens is 1. The molecule has 0 unspecified atom stereocenters.